The Hall–Kier alpha value is -6.97. The Labute approximate surface area is 266 Å². The summed E-state index contributed by atoms with van der Waals surface area (Å²) in [4.78, 5) is 35.0. The van der Waals surface area contributed by atoms with Crippen LogP contribution in [0.2, 0.25) is 0 Å². The highest BCUT2D eigenvalue weighted by Crippen LogP contribution is 2.29. The number of carboxylic acids is 2. The average molecular weight is 636 g/mol. The third-order valence-corrected chi connectivity index (χ3v) is 6.26. The Morgan fingerprint density at radius 3 is 1.30 bits per heavy atom. The van der Waals surface area contributed by atoms with Crippen molar-refractivity contribution in [1.82, 2.24) is 15.0 Å². The molecular weight excluding hydrogens is 610 g/mol. The molecule has 5 N–H and O–H groups in total. The zero-order chi connectivity index (χ0) is 33.3. The maximum Gasteiger partial charge on any atom is 0.339 e. The Kier molecular flexibility index (Phi) is 9.51. The topological polar surface area (TPSA) is 225 Å². The molecule has 0 spiro atoms. The molecule has 16 heteroatoms. The molecule has 1 aromatic heterocycles. The molecule has 0 aliphatic heterocycles. The summed E-state index contributed by atoms with van der Waals surface area (Å²) in [5.74, 6) is -1.70. The van der Waals surface area contributed by atoms with Crippen LogP contribution in [-0.4, -0.2) is 56.4 Å². The van der Waals surface area contributed by atoms with Crippen molar-refractivity contribution in [2.75, 3.05) is 24.9 Å². The molecule has 0 radical (unpaired) electrons. The molecule has 0 aliphatic carbocycles. The summed E-state index contributed by atoms with van der Waals surface area (Å²) in [5, 5.41) is 51.2. The molecule has 0 amide bonds. The highest BCUT2D eigenvalue weighted by atomic mass is 16.5. The fourth-order valence-electron chi connectivity index (χ4n) is 4.04. The van der Waals surface area contributed by atoms with Crippen molar-refractivity contribution < 1.29 is 34.4 Å². The third kappa shape index (κ3) is 8.15. The Morgan fingerprint density at radius 2 is 0.936 bits per heavy atom. The second-order valence-electron chi connectivity index (χ2n) is 9.41. The molecule has 0 saturated carbocycles. The lowest BCUT2D eigenvalue weighted by Crippen LogP contribution is -2.03. The zero-order valence-electron chi connectivity index (χ0n) is 24.7. The van der Waals surface area contributed by atoms with E-state index in [1.807, 2.05) is 0 Å². The van der Waals surface area contributed by atoms with E-state index in [1.165, 1.54) is 38.5 Å². The van der Waals surface area contributed by atoms with E-state index in [2.05, 4.69) is 46.0 Å². The van der Waals surface area contributed by atoms with Crippen LogP contribution in [0, 0.1) is 0 Å². The number of ether oxygens (including phenoxy) is 2. The van der Waals surface area contributed by atoms with Gasteiger partial charge in [-0.3, -0.25) is 0 Å². The molecule has 4 aromatic carbocycles. The van der Waals surface area contributed by atoms with E-state index in [1.54, 1.807) is 60.7 Å². The largest absolute Gasteiger partial charge is 0.496 e. The van der Waals surface area contributed by atoms with Crippen molar-refractivity contribution in [3.63, 3.8) is 0 Å². The van der Waals surface area contributed by atoms with Crippen molar-refractivity contribution in [3.8, 4) is 17.5 Å². The van der Waals surface area contributed by atoms with Gasteiger partial charge in [0.1, 0.15) is 22.6 Å². The number of aromatic carboxylic acids is 2. The first-order valence-electron chi connectivity index (χ1n) is 13.6. The number of nitrogens with one attached hydrogen (secondary N) is 2. The van der Waals surface area contributed by atoms with Crippen molar-refractivity contribution in [1.29, 1.82) is 0 Å². The van der Waals surface area contributed by atoms with Crippen LogP contribution in [0.5, 0.6) is 17.5 Å². The maximum absolute atomic E-state index is 11.4. The second kappa shape index (κ2) is 14.2. The van der Waals surface area contributed by atoms with Crippen molar-refractivity contribution in [3.05, 3.63) is 96.1 Å². The molecule has 5 aromatic rings. The smallest absolute Gasteiger partial charge is 0.339 e. The SMILES string of the molecule is COc1ccc(/N=N/c2ccc(Nc3nc(O)nc(Nc4ccc(/N=N/c5ccc(OC)c(C(=O)O)c5)cc4)n3)cc2)cc1C(=O)O. The number of aromatic nitrogens is 3. The minimum atomic E-state index is -1.14. The quantitative estimate of drug-likeness (QED) is 0.0850. The van der Waals surface area contributed by atoms with E-state index in [0.717, 1.165) is 0 Å². The standard InChI is InChI=1S/C31H25N9O7/c1-46-25-13-11-21(15-23(25)27(41)42)39-37-19-7-3-17(4-8-19)32-29-34-30(36-31(45)35-29)33-18-5-9-20(10-6-18)38-40-22-12-14-26(47-2)24(16-22)28(43)44/h3-16H,1-2H3,(H,41,42)(H,43,44)(H3,32,33,34,35,36,45)/b39-37+,40-38+. The van der Waals surface area contributed by atoms with Gasteiger partial charge in [-0.25, -0.2) is 9.59 Å². The summed E-state index contributed by atoms with van der Waals surface area (Å²) < 4.78 is 10.1. The molecule has 47 heavy (non-hydrogen) atoms. The molecule has 0 aliphatic rings. The van der Waals surface area contributed by atoms with E-state index in [4.69, 9.17) is 9.47 Å². The number of methoxy groups -OCH3 is 2. The van der Waals surface area contributed by atoms with Crippen molar-refractivity contribution in [2.45, 2.75) is 0 Å². The van der Waals surface area contributed by atoms with Gasteiger partial charge in [0.15, 0.2) is 0 Å². The van der Waals surface area contributed by atoms with Crippen LogP contribution in [0.4, 0.5) is 46.0 Å². The number of rotatable bonds is 12. The summed E-state index contributed by atoms with van der Waals surface area (Å²) >= 11 is 0. The molecular formula is C31H25N9O7. The van der Waals surface area contributed by atoms with E-state index in [-0.39, 0.29) is 34.5 Å². The second-order valence-corrected chi connectivity index (χ2v) is 9.41. The van der Waals surface area contributed by atoms with Gasteiger partial charge in [0.25, 0.3) is 0 Å². The van der Waals surface area contributed by atoms with Gasteiger partial charge in [0.2, 0.25) is 11.9 Å². The van der Waals surface area contributed by atoms with Gasteiger partial charge < -0.3 is 35.4 Å². The summed E-state index contributed by atoms with van der Waals surface area (Å²) in [6.07, 6.45) is 0. The van der Waals surface area contributed by atoms with E-state index >= 15 is 0 Å². The van der Waals surface area contributed by atoms with Crippen LogP contribution >= 0.6 is 0 Å². The van der Waals surface area contributed by atoms with E-state index < -0.39 is 17.9 Å². The number of carbonyl (C=O) groups is 2. The van der Waals surface area contributed by atoms with Crippen LogP contribution < -0.4 is 20.1 Å². The molecule has 0 fully saturated rings. The maximum atomic E-state index is 11.4. The summed E-state index contributed by atoms with van der Waals surface area (Å²) in [6, 6.07) is 21.9. The Bertz CT molecular complexity index is 1840. The number of hydrogen-bond donors (Lipinski definition) is 5. The fraction of sp³-hybridized carbons (Fsp3) is 0.0645. The number of hydrogen-bond acceptors (Lipinski definition) is 14. The van der Waals surface area contributed by atoms with Gasteiger partial charge in [-0.05, 0) is 84.9 Å². The van der Waals surface area contributed by atoms with Gasteiger partial charge in [0.05, 0.1) is 37.0 Å². The molecule has 0 unspecified atom stereocenters. The minimum absolute atomic E-state index is 0.0267. The molecule has 5 rings (SSSR count). The lowest BCUT2D eigenvalue weighted by molar-refractivity contribution is 0.0682. The molecule has 0 atom stereocenters. The molecule has 0 saturated heterocycles. The highest BCUT2D eigenvalue weighted by Gasteiger charge is 2.13. The van der Waals surface area contributed by atoms with Crippen LogP contribution in [0.3, 0.4) is 0 Å². The first-order chi connectivity index (χ1) is 22.7. The molecule has 236 valence electrons. The number of carboxylic acid groups (broad SMARTS) is 2. The van der Waals surface area contributed by atoms with Gasteiger partial charge in [-0.2, -0.15) is 35.4 Å². The highest BCUT2D eigenvalue weighted by molar-refractivity contribution is 5.92. The van der Waals surface area contributed by atoms with Gasteiger partial charge >= 0.3 is 17.9 Å². The van der Waals surface area contributed by atoms with Crippen molar-refractivity contribution >= 4 is 58.0 Å². The lowest BCUT2D eigenvalue weighted by Gasteiger charge is -2.09. The van der Waals surface area contributed by atoms with Crippen LogP contribution in [0.25, 0.3) is 0 Å². The molecule has 1 heterocycles. The number of anilines is 4. The number of azo groups is 2. The predicted molar refractivity (Wildman–Crippen MR) is 169 cm³/mol. The first kappa shape index (κ1) is 31.5. The number of aromatic hydroxyl groups is 1. The summed E-state index contributed by atoms with van der Waals surface area (Å²) in [7, 11) is 2.77. The number of nitrogens with zero attached hydrogens (tertiary/aromatic N) is 7. The van der Waals surface area contributed by atoms with Gasteiger partial charge in [-0.15, -0.1) is 0 Å². The molecule has 16 nitrogen and oxygen atoms in total. The monoisotopic (exact) mass is 635 g/mol. The first-order valence-corrected chi connectivity index (χ1v) is 13.6. The average Bonchev–Trinajstić information content (AvgIpc) is 3.07. The van der Waals surface area contributed by atoms with Crippen molar-refractivity contribution in [2.24, 2.45) is 20.5 Å². The summed E-state index contributed by atoms with van der Waals surface area (Å²) in [5.41, 5.74) is 2.80. The number of benzene rings is 4. The van der Waals surface area contributed by atoms with Crippen LogP contribution in [0.15, 0.2) is 105 Å². The summed E-state index contributed by atoms with van der Waals surface area (Å²) in [6.45, 7) is 0. The van der Waals surface area contributed by atoms with Crippen LogP contribution in [-0.2, 0) is 0 Å². The Morgan fingerprint density at radius 1 is 0.574 bits per heavy atom. The van der Waals surface area contributed by atoms with E-state index in [9.17, 15) is 24.9 Å². The zero-order valence-corrected chi connectivity index (χ0v) is 24.7. The molecule has 0 bridgehead atoms. The third-order valence-electron chi connectivity index (χ3n) is 6.26. The van der Waals surface area contributed by atoms with Crippen LogP contribution in [0.1, 0.15) is 20.7 Å². The van der Waals surface area contributed by atoms with Gasteiger partial charge in [-0.1, -0.05) is 0 Å². The predicted octanol–water partition coefficient (Wildman–Crippen LogP) is 7.31. The normalized spacial score (nSPS) is 11.0. The van der Waals surface area contributed by atoms with E-state index in [0.29, 0.717) is 34.1 Å². The Balaban J connectivity index is 1.21. The van der Waals surface area contributed by atoms with Gasteiger partial charge in [0, 0.05) is 11.4 Å². The fourth-order valence-corrected chi connectivity index (χ4v) is 4.04. The lowest BCUT2D eigenvalue weighted by atomic mass is 10.2. The minimum Gasteiger partial charge on any atom is -0.496 e.